The average Bonchev–Trinajstić information content (AvgIpc) is 2.42. The van der Waals surface area contributed by atoms with Gasteiger partial charge >= 0.3 is 0 Å². The fraction of sp³-hybridized carbons (Fsp3) is 0.250. The maximum Gasteiger partial charge on any atom is 0.278 e. The van der Waals surface area contributed by atoms with Crippen LogP contribution in [0.15, 0.2) is 6.07 Å². The van der Waals surface area contributed by atoms with E-state index in [2.05, 4.69) is 9.97 Å². The first kappa shape index (κ1) is 13.7. The van der Waals surface area contributed by atoms with E-state index in [0.717, 1.165) is 0 Å². The van der Waals surface area contributed by atoms with Crippen molar-refractivity contribution in [1.82, 2.24) is 9.97 Å². The van der Waals surface area contributed by atoms with Crippen molar-refractivity contribution in [3.8, 4) is 17.8 Å². The summed E-state index contributed by atoms with van der Waals surface area (Å²) in [5.41, 5.74) is 1.51. The van der Waals surface area contributed by atoms with Gasteiger partial charge < -0.3 is 9.47 Å². The Labute approximate surface area is 119 Å². The molecule has 2 aromatic rings. The standard InChI is InChI=1S/C12H9Cl2N3O2/c1-18-11-12(19-2)17-10-6(3-4-15)9(14)7(13)5-8(10)16-11/h5H,3H2,1-2H3. The Kier molecular flexibility index (Phi) is 3.93. The second kappa shape index (κ2) is 5.47. The van der Waals surface area contributed by atoms with Gasteiger partial charge in [0.2, 0.25) is 0 Å². The molecule has 0 saturated heterocycles. The Morgan fingerprint density at radius 1 is 1.21 bits per heavy atom. The van der Waals surface area contributed by atoms with E-state index < -0.39 is 0 Å². The molecule has 0 radical (unpaired) electrons. The van der Waals surface area contributed by atoms with Crippen LogP contribution in [0.4, 0.5) is 0 Å². The van der Waals surface area contributed by atoms with Crippen molar-refractivity contribution >= 4 is 34.2 Å². The highest BCUT2D eigenvalue weighted by Crippen LogP contribution is 2.34. The first-order valence-electron chi connectivity index (χ1n) is 5.26. The molecule has 0 saturated carbocycles. The monoisotopic (exact) mass is 297 g/mol. The van der Waals surface area contributed by atoms with Crippen LogP contribution in [-0.2, 0) is 6.42 Å². The number of hydrogen-bond donors (Lipinski definition) is 0. The van der Waals surface area contributed by atoms with Crippen LogP contribution in [0.5, 0.6) is 11.8 Å². The zero-order valence-electron chi connectivity index (χ0n) is 10.2. The summed E-state index contributed by atoms with van der Waals surface area (Å²) < 4.78 is 10.2. The Bertz CT molecular complexity index is 683. The normalized spacial score (nSPS) is 10.3. The lowest BCUT2D eigenvalue weighted by molar-refractivity contribution is 0.334. The first-order valence-corrected chi connectivity index (χ1v) is 6.01. The van der Waals surface area contributed by atoms with E-state index in [1.807, 2.05) is 6.07 Å². The molecule has 0 aliphatic heterocycles. The molecule has 0 spiro atoms. The number of rotatable bonds is 3. The topological polar surface area (TPSA) is 68.0 Å². The van der Waals surface area contributed by atoms with E-state index >= 15 is 0 Å². The summed E-state index contributed by atoms with van der Waals surface area (Å²) in [7, 11) is 2.92. The number of nitriles is 1. The van der Waals surface area contributed by atoms with Gasteiger partial charge in [0.25, 0.3) is 11.8 Å². The highest BCUT2D eigenvalue weighted by atomic mass is 35.5. The zero-order valence-corrected chi connectivity index (χ0v) is 11.7. The van der Waals surface area contributed by atoms with E-state index in [1.165, 1.54) is 14.2 Å². The minimum Gasteiger partial charge on any atom is -0.477 e. The third kappa shape index (κ3) is 2.37. The van der Waals surface area contributed by atoms with Crippen LogP contribution in [0, 0.1) is 11.3 Å². The van der Waals surface area contributed by atoms with Crippen molar-refractivity contribution in [3.63, 3.8) is 0 Å². The molecule has 7 heteroatoms. The highest BCUT2D eigenvalue weighted by Gasteiger charge is 2.17. The van der Waals surface area contributed by atoms with Crippen molar-refractivity contribution in [2.24, 2.45) is 0 Å². The number of aromatic nitrogens is 2. The minimum absolute atomic E-state index is 0.0834. The van der Waals surface area contributed by atoms with Crippen LogP contribution in [0.3, 0.4) is 0 Å². The van der Waals surface area contributed by atoms with Crippen LogP contribution in [0.25, 0.3) is 11.0 Å². The van der Waals surface area contributed by atoms with Gasteiger partial charge in [0, 0.05) is 5.56 Å². The lowest BCUT2D eigenvalue weighted by Crippen LogP contribution is -2.00. The van der Waals surface area contributed by atoms with Gasteiger partial charge in [0.15, 0.2) is 0 Å². The molecule has 0 fully saturated rings. The summed E-state index contributed by atoms with van der Waals surface area (Å²) >= 11 is 12.1. The molecular weight excluding hydrogens is 289 g/mol. The van der Waals surface area contributed by atoms with Crippen LogP contribution >= 0.6 is 23.2 Å². The Balaban J connectivity index is 2.84. The number of fused-ring (bicyclic) bond motifs is 1. The Morgan fingerprint density at radius 3 is 2.42 bits per heavy atom. The smallest absolute Gasteiger partial charge is 0.278 e. The molecule has 0 unspecified atom stereocenters. The van der Waals surface area contributed by atoms with E-state index in [4.69, 9.17) is 37.9 Å². The van der Waals surface area contributed by atoms with E-state index in [0.29, 0.717) is 26.6 Å². The van der Waals surface area contributed by atoms with Crippen molar-refractivity contribution in [1.29, 1.82) is 5.26 Å². The lowest BCUT2D eigenvalue weighted by atomic mass is 10.1. The largest absolute Gasteiger partial charge is 0.477 e. The third-order valence-corrected chi connectivity index (χ3v) is 3.35. The van der Waals surface area contributed by atoms with E-state index in [-0.39, 0.29) is 18.2 Å². The molecule has 0 bridgehead atoms. The molecule has 0 aliphatic rings. The van der Waals surface area contributed by atoms with Gasteiger partial charge in [-0.1, -0.05) is 23.2 Å². The van der Waals surface area contributed by atoms with Gasteiger partial charge in [-0.2, -0.15) is 5.26 Å². The second-order valence-electron chi connectivity index (χ2n) is 3.60. The summed E-state index contributed by atoms with van der Waals surface area (Å²) in [4.78, 5) is 8.53. The molecule has 0 amide bonds. The van der Waals surface area contributed by atoms with Gasteiger partial charge in [-0.25, -0.2) is 9.97 Å². The minimum atomic E-state index is 0.0834. The summed E-state index contributed by atoms with van der Waals surface area (Å²) in [5.74, 6) is 0.476. The maximum absolute atomic E-state index is 8.87. The average molecular weight is 298 g/mol. The van der Waals surface area contributed by atoms with Crippen LogP contribution < -0.4 is 9.47 Å². The zero-order chi connectivity index (χ0) is 14.0. The quantitative estimate of drug-likeness (QED) is 0.871. The molecule has 2 rings (SSSR count). The number of methoxy groups -OCH3 is 2. The fourth-order valence-electron chi connectivity index (χ4n) is 1.68. The molecule has 0 N–H and O–H groups in total. The van der Waals surface area contributed by atoms with Gasteiger partial charge in [-0.15, -0.1) is 0 Å². The summed E-state index contributed by atoms with van der Waals surface area (Å²) in [6.07, 6.45) is 0.0834. The van der Waals surface area contributed by atoms with Crippen LogP contribution in [0.2, 0.25) is 10.0 Å². The molecule has 1 heterocycles. The van der Waals surface area contributed by atoms with Crippen molar-refractivity contribution in [2.45, 2.75) is 6.42 Å². The molecule has 98 valence electrons. The summed E-state index contributed by atoms with van der Waals surface area (Å²) in [5, 5.41) is 9.49. The molecule has 5 nitrogen and oxygen atoms in total. The SMILES string of the molecule is COc1nc2cc(Cl)c(Cl)c(CC#N)c2nc1OC. The lowest BCUT2D eigenvalue weighted by Gasteiger charge is -2.10. The number of hydrogen-bond acceptors (Lipinski definition) is 5. The van der Waals surface area contributed by atoms with Crippen molar-refractivity contribution in [3.05, 3.63) is 21.7 Å². The summed E-state index contributed by atoms with van der Waals surface area (Å²) in [6.45, 7) is 0. The van der Waals surface area contributed by atoms with E-state index in [9.17, 15) is 0 Å². The maximum atomic E-state index is 8.87. The van der Waals surface area contributed by atoms with Crippen LogP contribution in [-0.4, -0.2) is 24.2 Å². The van der Waals surface area contributed by atoms with Gasteiger partial charge in [0.05, 0.1) is 47.8 Å². The molecule has 1 aromatic heterocycles. The number of ether oxygens (including phenoxy) is 2. The fourth-order valence-corrected chi connectivity index (χ4v) is 2.11. The molecule has 1 aromatic carbocycles. The number of nitrogens with zero attached hydrogens (tertiary/aromatic N) is 3. The molecular formula is C12H9Cl2N3O2. The summed E-state index contributed by atoms with van der Waals surface area (Å²) in [6, 6.07) is 3.61. The van der Waals surface area contributed by atoms with Gasteiger partial charge in [0.1, 0.15) is 0 Å². The number of halogens is 2. The van der Waals surface area contributed by atoms with Gasteiger partial charge in [-0.05, 0) is 6.07 Å². The second-order valence-corrected chi connectivity index (χ2v) is 4.38. The highest BCUT2D eigenvalue weighted by molar-refractivity contribution is 6.43. The van der Waals surface area contributed by atoms with Crippen molar-refractivity contribution < 1.29 is 9.47 Å². The predicted octanol–water partition coefficient (Wildman–Crippen LogP) is 3.02. The molecule has 19 heavy (non-hydrogen) atoms. The third-order valence-electron chi connectivity index (χ3n) is 2.53. The Morgan fingerprint density at radius 2 is 1.84 bits per heavy atom. The van der Waals surface area contributed by atoms with Crippen LogP contribution in [0.1, 0.15) is 5.56 Å². The van der Waals surface area contributed by atoms with E-state index in [1.54, 1.807) is 6.07 Å². The Hall–Kier alpha value is -1.77. The first-order chi connectivity index (χ1) is 9.12. The molecule has 0 atom stereocenters. The molecule has 0 aliphatic carbocycles. The number of benzene rings is 1. The van der Waals surface area contributed by atoms with Crippen molar-refractivity contribution in [2.75, 3.05) is 14.2 Å². The predicted molar refractivity (Wildman–Crippen MR) is 72.0 cm³/mol. The van der Waals surface area contributed by atoms with Gasteiger partial charge in [-0.3, -0.25) is 0 Å².